The van der Waals surface area contributed by atoms with Gasteiger partial charge in [-0.1, -0.05) is 19.8 Å². The highest BCUT2D eigenvalue weighted by Gasteiger charge is 2.18. The standard InChI is InChI=1S/C10H20N2.H2O4S/c1-4-5-6-7-10-11(2)8-9-12(10)3;1-5(2,3)4/h8-10H,4-7H2,1-3H3;(H2,1,2,3,4). The van der Waals surface area contributed by atoms with Crippen LogP contribution >= 0.6 is 0 Å². The van der Waals surface area contributed by atoms with Gasteiger partial charge in [-0.2, -0.15) is 8.42 Å². The number of hydrogen-bond donors (Lipinski definition) is 2. The number of rotatable bonds is 4. The van der Waals surface area contributed by atoms with Crippen LogP contribution in [-0.2, 0) is 10.4 Å². The van der Waals surface area contributed by atoms with Gasteiger partial charge in [0.05, 0.1) is 0 Å². The molecule has 7 heteroatoms. The van der Waals surface area contributed by atoms with E-state index in [-0.39, 0.29) is 0 Å². The van der Waals surface area contributed by atoms with Gasteiger partial charge >= 0.3 is 10.4 Å². The first-order valence-electron chi connectivity index (χ1n) is 5.57. The third-order valence-corrected chi connectivity index (χ3v) is 2.54. The van der Waals surface area contributed by atoms with Gasteiger partial charge < -0.3 is 9.80 Å². The number of nitrogens with zero attached hydrogens (tertiary/aromatic N) is 2. The second-order valence-electron chi connectivity index (χ2n) is 4.05. The molecule has 0 amide bonds. The van der Waals surface area contributed by atoms with Gasteiger partial charge in [-0.25, -0.2) is 0 Å². The number of hydrogen-bond acceptors (Lipinski definition) is 4. The minimum atomic E-state index is -4.67. The van der Waals surface area contributed by atoms with E-state index in [1.165, 1.54) is 25.7 Å². The summed E-state index contributed by atoms with van der Waals surface area (Å²) in [5, 5.41) is 0. The summed E-state index contributed by atoms with van der Waals surface area (Å²) in [6.07, 6.45) is 10.2. The summed E-state index contributed by atoms with van der Waals surface area (Å²) in [6.45, 7) is 2.25. The Balaban J connectivity index is 0.000000437. The molecule has 0 aromatic carbocycles. The average molecular weight is 266 g/mol. The lowest BCUT2D eigenvalue weighted by atomic mass is 10.1. The summed E-state index contributed by atoms with van der Waals surface area (Å²) in [6, 6.07) is 0. The van der Waals surface area contributed by atoms with Crippen molar-refractivity contribution in [3.05, 3.63) is 12.4 Å². The Bertz CT molecular complexity index is 309. The summed E-state index contributed by atoms with van der Waals surface area (Å²) < 4.78 is 31.6. The molecule has 0 radical (unpaired) electrons. The van der Waals surface area contributed by atoms with E-state index < -0.39 is 10.4 Å². The van der Waals surface area contributed by atoms with E-state index in [4.69, 9.17) is 17.5 Å². The monoisotopic (exact) mass is 266 g/mol. The van der Waals surface area contributed by atoms with Gasteiger partial charge in [0, 0.05) is 26.5 Å². The van der Waals surface area contributed by atoms with Crippen LogP contribution in [0.3, 0.4) is 0 Å². The van der Waals surface area contributed by atoms with E-state index in [0.29, 0.717) is 6.17 Å². The Hall–Kier alpha value is -0.790. The molecule has 0 aromatic heterocycles. The molecule has 0 bridgehead atoms. The molecule has 1 rings (SSSR count). The van der Waals surface area contributed by atoms with Crippen LogP contribution in [0.2, 0.25) is 0 Å². The molecule has 0 saturated carbocycles. The van der Waals surface area contributed by atoms with Crippen LogP contribution in [0.1, 0.15) is 32.6 Å². The van der Waals surface area contributed by atoms with Crippen LogP contribution in [0.25, 0.3) is 0 Å². The largest absolute Gasteiger partial charge is 0.394 e. The fourth-order valence-corrected chi connectivity index (χ4v) is 1.68. The summed E-state index contributed by atoms with van der Waals surface area (Å²) in [7, 11) is -0.368. The van der Waals surface area contributed by atoms with Crippen molar-refractivity contribution in [3.63, 3.8) is 0 Å². The molecule has 0 fully saturated rings. The molecular formula is C10H22N2O4S. The zero-order valence-electron chi connectivity index (χ0n) is 10.6. The van der Waals surface area contributed by atoms with Crippen molar-refractivity contribution in [1.82, 2.24) is 9.80 Å². The summed E-state index contributed by atoms with van der Waals surface area (Å²) >= 11 is 0. The molecule has 0 aliphatic carbocycles. The number of unbranched alkanes of at least 4 members (excludes halogenated alkanes) is 2. The molecule has 0 unspecified atom stereocenters. The van der Waals surface area contributed by atoms with Crippen LogP contribution in [-0.4, -0.2) is 47.6 Å². The van der Waals surface area contributed by atoms with Gasteiger partial charge in [-0.3, -0.25) is 9.11 Å². The Morgan fingerprint density at radius 3 is 1.88 bits per heavy atom. The lowest BCUT2D eigenvalue weighted by molar-refractivity contribution is 0.188. The minimum Gasteiger partial charge on any atom is -0.359 e. The van der Waals surface area contributed by atoms with E-state index in [1.54, 1.807) is 0 Å². The third-order valence-electron chi connectivity index (χ3n) is 2.54. The first kappa shape index (κ1) is 16.2. The van der Waals surface area contributed by atoms with Crippen molar-refractivity contribution in [2.45, 2.75) is 38.8 Å². The zero-order chi connectivity index (χ0) is 13.5. The second kappa shape index (κ2) is 7.52. The summed E-state index contributed by atoms with van der Waals surface area (Å²) in [4.78, 5) is 4.57. The maximum Gasteiger partial charge on any atom is 0.394 e. The van der Waals surface area contributed by atoms with Crippen LogP contribution < -0.4 is 0 Å². The van der Waals surface area contributed by atoms with Crippen LogP contribution in [0.5, 0.6) is 0 Å². The molecule has 1 aliphatic heterocycles. The minimum absolute atomic E-state index is 0.608. The molecule has 1 aliphatic rings. The molecule has 0 spiro atoms. The highest BCUT2D eigenvalue weighted by atomic mass is 32.3. The van der Waals surface area contributed by atoms with Gasteiger partial charge in [0.25, 0.3) is 0 Å². The molecule has 0 atom stereocenters. The van der Waals surface area contributed by atoms with Crippen LogP contribution in [0.4, 0.5) is 0 Å². The maximum absolute atomic E-state index is 8.74. The highest BCUT2D eigenvalue weighted by molar-refractivity contribution is 7.79. The lowest BCUT2D eigenvalue weighted by Crippen LogP contribution is -2.33. The third kappa shape index (κ3) is 8.96. The molecule has 6 nitrogen and oxygen atoms in total. The van der Waals surface area contributed by atoms with Crippen molar-refractivity contribution < 1.29 is 17.5 Å². The van der Waals surface area contributed by atoms with E-state index in [0.717, 1.165) is 0 Å². The van der Waals surface area contributed by atoms with E-state index in [9.17, 15) is 0 Å². The second-order valence-corrected chi connectivity index (χ2v) is 4.95. The molecule has 0 aromatic rings. The SMILES string of the molecule is CCCCCC1N(C)C=CN1C.O=S(=O)(O)O. The van der Waals surface area contributed by atoms with Crippen LogP contribution in [0, 0.1) is 0 Å². The molecule has 1 heterocycles. The summed E-state index contributed by atoms with van der Waals surface area (Å²) in [5.74, 6) is 0. The maximum atomic E-state index is 8.74. The normalized spacial score (nSPS) is 16.1. The van der Waals surface area contributed by atoms with E-state index in [1.807, 2.05) is 0 Å². The Morgan fingerprint density at radius 1 is 1.12 bits per heavy atom. The van der Waals surface area contributed by atoms with Crippen molar-refractivity contribution in [2.24, 2.45) is 0 Å². The lowest BCUT2D eigenvalue weighted by Gasteiger charge is -2.27. The predicted octanol–water partition coefficient (Wildman–Crippen LogP) is 1.59. The fourth-order valence-electron chi connectivity index (χ4n) is 1.68. The van der Waals surface area contributed by atoms with Gasteiger partial charge in [-0.05, 0) is 12.8 Å². The van der Waals surface area contributed by atoms with Crippen molar-refractivity contribution in [1.29, 1.82) is 0 Å². The summed E-state index contributed by atoms with van der Waals surface area (Å²) in [5.41, 5.74) is 0. The van der Waals surface area contributed by atoms with Gasteiger partial charge in [0.15, 0.2) is 0 Å². The Labute approximate surface area is 103 Å². The highest BCUT2D eigenvalue weighted by Crippen LogP contribution is 2.17. The van der Waals surface area contributed by atoms with Gasteiger partial charge in [0.1, 0.15) is 6.17 Å². The van der Waals surface area contributed by atoms with Crippen LogP contribution in [0.15, 0.2) is 12.4 Å². The molecule has 17 heavy (non-hydrogen) atoms. The average Bonchev–Trinajstić information content (AvgIpc) is 2.46. The van der Waals surface area contributed by atoms with Crippen molar-refractivity contribution in [3.8, 4) is 0 Å². The fraction of sp³-hybridized carbons (Fsp3) is 0.800. The zero-order valence-corrected chi connectivity index (χ0v) is 11.4. The first-order valence-corrected chi connectivity index (χ1v) is 6.97. The molecule has 102 valence electrons. The van der Waals surface area contributed by atoms with Gasteiger partial charge in [-0.15, -0.1) is 0 Å². The van der Waals surface area contributed by atoms with E-state index in [2.05, 4.69) is 43.2 Å². The van der Waals surface area contributed by atoms with Crippen molar-refractivity contribution in [2.75, 3.05) is 14.1 Å². The molecular weight excluding hydrogens is 244 g/mol. The molecule has 2 N–H and O–H groups in total. The predicted molar refractivity (Wildman–Crippen MR) is 66.8 cm³/mol. The van der Waals surface area contributed by atoms with Crippen molar-refractivity contribution >= 4 is 10.4 Å². The molecule has 0 saturated heterocycles. The first-order chi connectivity index (χ1) is 7.75. The van der Waals surface area contributed by atoms with E-state index >= 15 is 0 Å². The quantitative estimate of drug-likeness (QED) is 0.594. The topological polar surface area (TPSA) is 81.1 Å². The Morgan fingerprint density at radius 2 is 1.53 bits per heavy atom. The smallest absolute Gasteiger partial charge is 0.359 e. The Kier molecular flexibility index (Phi) is 7.17. The van der Waals surface area contributed by atoms with Gasteiger partial charge in [0.2, 0.25) is 0 Å².